The smallest absolute Gasteiger partial charge is 0.143 e. The zero-order valence-corrected chi connectivity index (χ0v) is 20.5. The summed E-state index contributed by atoms with van der Waals surface area (Å²) >= 11 is 0. The van der Waals surface area contributed by atoms with E-state index in [1.807, 2.05) is 24.4 Å². The van der Waals surface area contributed by atoms with Crippen molar-refractivity contribution in [3.63, 3.8) is 0 Å². The molecule has 0 aliphatic carbocycles. The van der Waals surface area contributed by atoms with Gasteiger partial charge in [-0.15, -0.1) is 0 Å². The molecule has 0 amide bonds. The summed E-state index contributed by atoms with van der Waals surface area (Å²) in [7, 11) is 0. The molecule has 0 spiro atoms. The molecule has 5 heterocycles. The predicted octanol–water partition coefficient (Wildman–Crippen LogP) is 6.09. The number of aryl methyl sites for hydroxylation is 3. The third kappa shape index (κ3) is 4.01. The van der Waals surface area contributed by atoms with Gasteiger partial charge in [-0.25, -0.2) is 4.68 Å². The quantitative estimate of drug-likeness (QED) is 0.283. The van der Waals surface area contributed by atoms with Crippen LogP contribution in [0.15, 0.2) is 60.9 Å². The van der Waals surface area contributed by atoms with Crippen molar-refractivity contribution >= 4 is 18.0 Å². The van der Waals surface area contributed by atoms with Crippen molar-refractivity contribution in [3.8, 4) is 17.3 Å². The molecule has 6 rings (SSSR count). The van der Waals surface area contributed by atoms with Crippen LogP contribution in [0, 0.1) is 10.8 Å². The Bertz CT molecular complexity index is 1340. The predicted molar refractivity (Wildman–Crippen MR) is 142 cm³/mol. The highest BCUT2D eigenvalue weighted by molar-refractivity contribution is 6.09. The first kappa shape index (κ1) is 22.9. The molecule has 7 nitrogen and oxygen atoms in total. The van der Waals surface area contributed by atoms with Crippen molar-refractivity contribution in [2.45, 2.75) is 58.8 Å². The average Bonchev–Trinajstić information content (AvgIpc) is 3.53. The lowest BCUT2D eigenvalue weighted by Crippen LogP contribution is -2.30. The molecule has 2 aliphatic heterocycles. The molecule has 3 aromatic heterocycles. The van der Waals surface area contributed by atoms with E-state index >= 15 is 0 Å². The van der Waals surface area contributed by atoms with Crippen LogP contribution >= 0.6 is 0 Å². The minimum Gasteiger partial charge on any atom is -0.291 e. The first-order valence-electron chi connectivity index (χ1n) is 12.6. The number of para-hydroxylation sites is 1. The molecule has 7 heteroatoms. The standard InChI is InChI=1S/C25H25N7.C3H8/c26-17-30-22(27)11-5-7-19-16-23(31(24(19)30)20-8-2-1-3-9-20)29-15-13-18-6-4-10-21-12-14-28-32(21)25(18)29;1-3-2/h1-3,8-9,12-17,26-27H,4-7,10-11H2;3H2,1-2H3. The van der Waals surface area contributed by atoms with Crippen molar-refractivity contribution in [2.24, 2.45) is 0 Å². The summed E-state index contributed by atoms with van der Waals surface area (Å²) in [4.78, 5) is 1.72. The van der Waals surface area contributed by atoms with E-state index < -0.39 is 0 Å². The molecular formula is C28H33N7. The van der Waals surface area contributed by atoms with Gasteiger partial charge in [-0.2, -0.15) is 5.10 Å². The summed E-state index contributed by atoms with van der Waals surface area (Å²) in [6, 6.07) is 16.8. The van der Waals surface area contributed by atoms with Crippen molar-refractivity contribution < 1.29 is 0 Å². The minimum atomic E-state index is 0.460. The third-order valence-electron chi connectivity index (χ3n) is 6.54. The fraction of sp³-hybridized carbons (Fsp3) is 0.321. The van der Waals surface area contributed by atoms with E-state index in [0.717, 1.165) is 60.8 Å². The molecule has 0 bridgehead atoms. The molecule has 1 aromatic carbocycles. The Morgan fingerprint density at radius 2 is 1.66 bits per heavy atom. The molecular weight excluding hydrogens is 434 g/mol. The van der Waals surface area contributed by atoms with Gasteiger partial charge in [0.2, 0.25) is 0 Å². The lowest BCUT2D eigenvalue weighted by molar-refractivity contribution is 0.751. The lowest BCUT2D eigenvalue weighted by atomic mass is 10.1. The van der Waals surface area contributed by atoms with Crippen molar-refractivity contribution in [1.29, 1.82) is 10.8 Å². The van der Waals surface area contributed by atoms with Gasteiger partial charge in [-0.05, 0) is 73.6 Å². The summed E-state index contributed by atoms with van der Waals surface area (Å²) < 4.78 is 6.49. The van der Waals surface area contributed by atoms with Crippen LogP contribution in [-0.2, 0) is 19.3 Å². The van der Waals surface area contributed by atoms with Crippen LogP contribution in [0.3, 0.4) is 0 Å². The summed E-state index contributed by atoms with van der Waals surface area (Å²) in [5.74, 6) is 3.44. The van der Waals surface area contributed by atoms with Crippen LogP contribution in [0.2, 0.25) is 0 Å². The minimum absolute atomic E-state index is 0.460. The summed E-state index contributed by atoms with van der Waals surface area (Å²) in [6.07, 6.45) is 12.1. The Morgan fingerprint density at radius 3 is 2.43 bits per heavy atom. The number of benzene rings is 1. The number of hydrogen-bond acceptors (Lipinski definition) is 3. The highest BCUT2D eigenvalue weighted by atomic mass is 15.4. The summed E-state index contributed by atoms with van der Waals surface area (Å²) in [5.41, 5.74) is 4.69. The largest absolute Gasteiger partial charge is 0.291 e. The van der Waals surface area contributed by atoms with Crippen molar-refractivity contribution in [2.75, 3.05) is 4.90 Å². The first-order valence-corrected chi connectivity index (χ1v) is 12.6. The third-order valence-corrected chi connectivity index (χ3v) is 6.54. The van der Waals surface area contributed by atoms with Gasteiger partial charge in [-0.1, -0.05) is 38.5 Å². The van der Waals surface area contributed by atoms with Crippen LogP contribution < -0.4 is 4.90 Å². The molecule has 4 aromatic rings. The topological polar surface area (TPSA) is 78.6 Å². The SMILES string of the molecule is CCC.N=CN1C(=N)CCCc2cc(-n3ccc4c3-n3nccc3CCC4)n(-c3ccccc3)c21. The Hall–Kier alpha value is -3.87. The molecule has 2 aliphatic rings. The van der Waals surface area contributed by atoms with E-state index in [0.29, 0.717) is 12.3 Å². The van der Waals surface area contributed by atoms with Crippen molar-refractivity contribution in [3.05, 3.63) is 77.7 Å². The van der Waals surface area contributed by atoms with Gasteiger partial charge in [-0.3, -0.25) is 24.9 Å². The monoisotopic (exact) mass is 467 g/mol. The van der Waals surface area contributed by atoms with E-state index in [4.69, 9.17) is 10.8 Å². The van der Waals surface area contributed by atoms with Crippen LogP contribution in [0.4, 0.5) is 5.82 Å². The Balaban J connectivity index is 0.000000806. The molecule has 0 radical (unpaired) electrons. The molecule has 180 valence electrons. The second-order valence-corrected chi connectivity index (χ2v) is 9.15. The zero-order chi connectivity index (χ0) is 24.4. The Morgan fingerprint density at radius 1 is 0.914 bits per heavy atom. The van der Waals surface area contributed by atoms with E-state index in [1.165, 1.54) is 24.0 Å². The fourth-order valence-corrected chi connectivity index (χ4v) is 5.08. The van der Waals surface area contributed by atoms with Gasteiger partial charge in [0.25, 0.3) is 0 Å². The molecule has 0 fully saturated rings. The maximum Gasteiger partial charge on any atom is 0.143 e. The van der Waals surface area contributed by atoms with E-state index in [2.05, 4.69) is 69.3 Å². The van der Waals surface area contributed by atoms with Crippen LogP contribution in [0.1, 0.15) is 56.4 Å². The maximum atomic E-state index is 8.56. The fourth-order valence-electron chi connectivity index (χ4n) is 5.08. The highest BCUT2D eigenvalue weighted by Crippen LogP contribution is 2.37. The normalized spacial score (nSPS) is 14.7. The van der Waals surface area contributed by atoms with E-state index in [9.17, 15) is 0 Å². The van der Waals surface area contributed by atoms with Gasteiger partial charge < -0.3 is 0 Å². The number of hydrogen-bond donors (Lipinski definition) is 2. The number of nitrogens with zero attached hydrogens (tertiary/aromatic N) is 5. The second kappa shape index (κ2) is 9.78. The molecule has 0 atom stereocenters. The molecule has 2 N–H and O–H groups in total. The maximum absolute atomic E-state index is 8.56. The lowest BCUT2D eigenvalue weighted by Gasteiger charge is -2.23. The second-order valence-electron chi connectivity index (χ2n) is 9.15. The number of rotatable bonds is 3. The van der Waals surface area contributed by atoms with Crippen LogP contribution in [0.25, 0.3) is 17.3 Å². The first-order chi connectivity index (χ1) is 17.2. The number of aromatic nitrogens is 4. The van der Waals surface area contributed by atoms with Crippen LogP contribution in [0.5, 0.6) is 0 Å². The number of anilines is 1. The molecule has 0 saturated heterocycles. The van der Waals surface area contributed by atoms with E-state index in [-0.39, 0.29) is 0 Å². The number of nitrogens with one attached hydrogen (secondary N) is 2. The number of fused-ring (bicyclic) bond motifs is 4. The molecule has 0 unspecified atom stereocenters. The van der Waals surface area contributed by atoms with Gasteiger partial charge in [0.1, 0.15) is 23.3 Å². The zero-order valence-electron chi connectivity index (χ0n) is 20.5. The van der Waals surface area contributed by atoms with Crippen LogP contribution in [-0.4, -0.2) is 31.1 Å². The van der Waals surface area contributed by atoms with Gasteiger partial charge in [0, 0.05) is 30.2 Å². The highest BCUT2D eigenvalue weighted by Gasteiger charge is 2.28. The Labute approximate surface area is 206 Å². The Kier molecular flexibility index (Phi) is 6.40. The van der Waals surface area contributed by atoms with Gasteiger partial charge in [0.05, 0.1) is 6.34 Å². The average molecular weight is 468 g/mol. The van der Waals surface area contributed by atoms with Gasteiger partial charge in [0.15, 0.2) is 0 Å². The summed E-state index contributed by atoms with van der Waals surface area (Å²) in [6.45, 7) is 4.25. The molecule has 35 heavy (non-hydrogen) atoms. The summed E-state index contributed by atoms with van der Waals surface area (Å²) in [5, 5.41) is 21.3. The molecule has 0 saturated carbocycles. The number of amidine groups is 1. The van der Waals surface area contributed by atoms with E-state index in [1.54, 1.807) is 4.90 Å². The van der Waals surface area contributed by atoms with Crippen molar-refractivity contribution in [1.82, 2.24) is 18.9 Å². The van der Waals surface area contributed by atoms with Gasteiger partial charge >= 0.3 is 0 Å².